The van der Waals surface area contributed by atoms with Crippen LogP contribution in [0.5, 0.6) is 0 Å². The Morgan fingerprint density at radius 3 is 2.56 bits per heavy atom. The van der Waals surface area contributed by atoms with Gasteiger partial charge in [0, 0.05) is 37.3 Å². The van der Waals surface area contributed by atoms with Gasteiger partial charge in [-0.05, 0) is 37.6 Å². The van der Waals surface area contributed by atoms with Crippen LogP contribution < -0.4 is 16.0 Å². The fourth-order valence-corrected chi connectivity index (χ4v) is 2.36. The maximum atomic E-state index is 11.9. The molecule has 27 heavy (non-hydrogen) atoms. The molecule has 0 aliphatic heterocycles. The van der Waals surface area contributed by atoms with E-state index in [1.165, 1.54) is 0 Å². The number of nitrogens with zero attached hydrogens (tertiary/aromatic N) is 1. The minimum Gasteiger partial charge on any atom is -0.383 e. The van der Waals surface area contributed by atoms with E-state index in [0.29, 0.717) is 38.0 Å². The Labute approximate surface area is 160 Å². The summed E-state index contributed by atoms with van der Waals surface area (Å²) in [5, 5.41) is 8.88. The van der Waals surface area contributed by atoms with Gasteiger partial charge >= 0.3 is 0 Å². The molecule has 0 fully saturated rings. The zero-order valence-corrected chi connectivity index (χ0v) is 15.6. The largest absolute Gasteiger partial charge is 0.383 e. The van der Waals surface area contributed by atoms with Gasteiger partial charge in [0.25, 0.3) is 0 Å². The molecule has 3 N–H and O–H groups in total. The first-order valence-electron chi connectivity index (χ1n) is 9.08. The topological polar surface area (TPSA) is 83.1 Å². The molecule has 0 unspecified atom stereocenters. The number of carbonyl (C=O) groups is 2. The van der Waals surface area contributed by atoms with Crippen molar-refractivity contribution in [3.8, 4) is 0 Å². The van der Waals surface area contributed by atoms with Crippen LogP contribution >= 0.6 is 0 Å². The smallest absolute Gasteiger partial charge is 0.224 e. The van der Waals surface area contributed by atoms with E-state index in [9.17, 15) is 9.59 Å². The highest BCUT2D eigenvalue weighted by Gasteiger charge is 2.06. The molecule has 142 valence electrons. The van der Waals surface area contributed by atoms with Gasteiger partial charge in [-0.1, -0.05) is 30.4 Å². The van der Waals surface area contributed by atoms with E-state index in [4.69, 9.17) is 0 Å². The number of nitrogens with one attached hydrogen (secondary N) is 3. The first-order chi connectivity index (χ1) is 13.1. The van der Waals surface area contributed by atoms with Crippen molar-refractivity contribution in [2.45, 2.75) is 26.2 Å². The Morgan fingerprint density at radius 2 is 1.74 bits per heavy atom. The third-order valence-corrected chi connectivity index (χ3v) is 3.78. The van der Waals surface area contributed by atoms with Crippen LogP contribution in [0.15, 0.2) is 66.6 Å². The molecular weight excluding hydrogens is 340 g/mol. The number of carbonyl (C=O) groups excluding carboxylic acids is 2. The van der Waals surface area contributed by atoms with Crippen LogP contribution in [-0.2, 0) is 9.59 Å². The van der Waals surface area contributed by atoms with Gasteiger partial charge in [-0.15, -0.1) is 0 Å². The molecule has 6 nitrogen and oxygen atoms in total. The molecule has 2 rings (SSSR count). The Hall–Kier alpha value is -3.15. The lowest BCUT2D eigenvalue weighted by atomic mass is 10.2. The third-order valence-electron chi connectivity index (χ3n) is 3.78. The summed E-state index contributed by atoms with van der Waals surface area (Å²) < 4.78 is 0. The van der Waals surface area contributed by atoms with E-state index >= 15 is 0 Å². The van der Waals surface area contributed by atoms with Crippen molar-refractivity contribution >= 4 is 17.5 Å². The van der Waals surface area contributed by atoms with Crippen molar-refractivity contribution < 1.29 is 9.59 Å². The molecule has 6 heteroatoms. The molecule has 0 aromatic carbocycles. The van der Waals surface area contributed by atoms with Crippen molar-refractivity contribution in [3.63, 3.8) is 0 Å². The zero-order chi connectivity index (χ0) is 19.3. The van der Waals surface area contributed by atoms with Gasteiger partial charge in [-0.3, -0.25) is 14.6 Å². The zero-order valence-electron chi connectivity index (χ0n) is 15.6. The maximum absolute atomic E-state index is 11.9. The van der Waals surface area contributed by atoms with Gasteiger partial charge in [0.05, 0.1) is 11.9 Å². The van der Waals surface area contributed by atoms with E-state index in [0.717, 1.165) is 11.4 Å². The number of hydrogen-bond acceptors (Lipinski definition) is 4. The van der Waals surface area contributed by atoms with Gasteiger partial charge in [-0.2, -0.15) is 0 Å². The first-order valence-corrected chi connectivity index (χ1v) is 9.08. The molecule has 0 saturated heterocycles. The van der Waals surface area contributed by atoms with Gasteiger partial charge < -0.3 is 16.0 Å². The van der Waals surface area contributed by atoms with Crippen LogP contribution in [0.4, 0.5) is 5.69 Å². The standard InChI is InChI=1S/C21H26N4O2/c1-17-12-13-19(16-24-17)25-21(27)11-7-10-20(26)23-15-14-22-18-8-5-3-2-4-6-9-18/h2-6,8-9,12-13,16,22H,7,10-11,14-15H2,1H3,(H,23,26)(H,25,27)/b3-2-,4-2?,5-3?,6-4-,8-5-,9-6?,18-8?,18-9+. The summed E-state index contributed by atoms with van der Waals surface area (Å²) in [5.41, 5.74) is 2.56. The summed E-state index contributed by atoms with van der Waals surface area (Å²) in [5.74, 6) is -0.160. The number of aromatic nitrogens is 1. The lowest BCUT2D eigenvalue weighted by Gasteiger charge is -2.09. The minimum absolute atomic E-state index is 0.0494. The SMILES string of the molecule is Cc1ccc(NC(=O)CCCC(=O)NCCNC2=C/C=C\C=C/C=C\2)cn1. The lowest BCUT2D eigenvalue weighted by Crippen LogP contribution is -2.31. The van der Waals surface area contributed by atoms with E-state index < -0.39 is 0 Å². The Bertz CT molecular complexity index is 746. The second-order valence-electron chi connectivity index (χ2n) is 6.12. The molecule has 0 radical (unpaired) electrons. The van der Waals surface area contributed by atoms with Crippen LogP contribution in [0.1, 0.15) is 25.0 Å². The molecular formula is C21H26N4O2. The number of pyridine rings is 1. The van der Waals surface area contributed by atoms with Crippen LogP contribution in [0.2, 0.25) is 0 Å². The maximum Gasteiger partial charge on any atom is 0.224 e. The van der Waals surface area contributed by atoms with Crippen molar-refractivity contribution in [2.24, 2.45) is 0 Å². The summed E-state index contributed by atoms with van der Waals surface area (Å²) in [6, 6.07) is 3.65. The molecule has 0 atom stereocenters. The van der Waals surface area contributed by atoms with Crippen molar-refractivity contribution in [2.75, 3.05) is 18.4 Å². The van der Waals surface area contributed by atoms with Gasteiger partial charge in [0.15, 0.2) is 0 Å². The highest BCUT2D eigenvalue weighted by Crippen LogP contribution is 2.07. The number of hydrogen-bond donors (Lipinski definition) is 3. The Balaban J connectivity index is 1.55. The molecule has 0 saturated carbocycles. The van der Waals surface area contributed by atoms with E-state index in [-0.39, 0.29) is 11.8 Å². The molecule has 1 aliphatic carbocycles. The van der Waals surface area contributed by atoms with E-state index in [2.05, 4.69) is 20.9 Å². The minimum atomic E-state index is -0.111. The third kappa shape index (κ3) is 8.67. The predicted octanol–water partition coefficient (Wildman–Crippen LogP) is 2.77. The second-order valence-corrected chi connectivity index (χ2v) is 6.12. The number of allylic oxidation sites excluding steroid dienone is 7. The molecule has 0 bridgehead atoms. The Kier molecular flexibility index (Phi) is 8.56. The number of anilines is 1. The predicted molar refractivity (Wildman–Crippen MR) is 108 cm³/mol. The van der Waals surface area contributed by atoms with Gasteiger partial charge in [0.1, 0.15) is 0 Å². The van der Waals surface area contributed by atoms with Crippen LogP contribution in [0.25, 0.3) is 0 Å². The summed E-state index contributed by atoms with van der Waals surface area (Å²) >= 11 is 0. The summed E-state index contributed by atoms with van der Waals surface area (Å²) in [4.78, 5) is 27.8. The van der Waals surface area contributed by atoms with E-state index in [1.807, 2.05) is 61.6 Å². The normalized spacial score (nSPS) is 18.2. The summed E-state index contributed by atoms with van der Waals surface area (Å²) in [6.07, 6.45) is 16.5. The fourth-order valence-electron chi connectivity index (χ4n) is 2.36. The highest BCUT2D eigenvalue weighted by molar-refractivity contribution is 5.90. The fraction of sp³-hybridized carbons (Fsp3) is 0.286. The number of rotatable bonds is 9. The van der Waals surface area contributed by atoms with Crippen molar-refractivity contribution in [3.05, 3.63) is 72.3 Å². The lowest BCUT2D eigenvalue weighted by molar-refractivity contribution is -0.121. The highest BCUT2D eigenvalue weighted by atomic mass is 16.2. The molecule has 1 aromatic heterocycles. The van der Waals surface area contributed by atoms with Crippen molar-refractivity contribution in [1.29, 1.82) is 0 Å². The average molecular weight is 366 g/mol. The quantitative estimate of drug-likeness (QED) is 0.587. The van der Waals surface area contributed by atoms with E-state index in [1.54, 1.807) is 6.20 Å². The molecule has 0 spiro atoms. The first kappa shape index (κ1) is 20.2. The van der Waals surface area contributed by atoms with Gasteiger partial charge in [0.2, 0.25) is 11.8 Å². The second kappa shape index (κ2) is 11.5. The molecule has 1 aliphatic rings. The van der Waals surface area contributed by atoms with Crippen LogP contribution in [0.3, 0.4) is 0 Å². The Morgan fingerprint density at radius 1 is 0.963 bits per heavy atom. The number of aryl methyl sites for hydroxylation is 1. The summed E-state index contributed by atoms with van der Waals surface area (Å²) in [6.45, 7) is 3.06. The molecule has 2 amide bonds. The molecule has 1 heterocycles. The molecule has 1 aromatic rings. The average Bonchev–Trinajstić information content (AvgIpc) is 2.62. The summed E-state index contributed by atoms with van der Waals surface area (Å²) in [7, 11) is 0. The van der Waals surface area contributed by atoms with Crippen LogP contribution in [-0.4, -0.2) is 29.9 Å². The monoisotopic (exact) mass is 366 g/mol. The van der Waals surface area contributed by atoms with Gasteiger partial charge in [-0.25, -0.2) is 0 Å². The van der Waals surface area contributed by atoms with Crippen LogP contribution in [0, 0.1) is 6.92 Å². The van der Waals surface area contributed by atoms with Crippen molar-refractivity contribution in [1.82, 2.24) is 15.6 Å². The number of amides is 2.